The van der Waals surface area contributed by atoms with Crippen molar-refractivity contribution < 1.29 is 4.79 Å². The Morgan fingerprint density at radius 1 is 1.47 bits per heavy atom. The number of hydrogen-bond donors (Lipinski definition) is 2. The molecule has 0 aliphatic carbocycles. The second-order valence-corrected chi connectivity index (χ2v) is 3.65. The smallest absolute Gasteiger partial charge is 0.224 e. The van der Waals surface area contributed by atoms with Crippen LogP contribution in [0.1, 0.15) is 25.5 Å². The van der Waals surface area contributed by atoms with Gasteiger partial charge in [-0.05, 0) is 24.6 Å². The minimum Gasteiger partial charge on any atom is -0.349 e. The zero-order chi connectivity index (χ0) is 11.3. The van der Waals surface area contributed by atoms with Crippen molar-refractivity contribution in [3.63, 3.8) is 0 Å². The number of carbonyl (C=O) groups is 1. The molecule has 82 valence electrons. The van der Waals surface area contributed by atoms with Crippen LogP contribution in [-0.2, 0) is 4.79 Å². The molecule has 0 saturated heterocycles. The van der Waals surface area contributed by atoms with E-state index < -0.39 is 0 Å². The van der Waals surface area contributed by atoms with E-state index in [2.05, 4.69) is 10.3 Å². The average molecular weight is 207 g/mol. The average Bonchev–Trinajstić information content (AvgIpc) is 2.29. The molecule has 0 spiro atoms. The van der Waals surface area contributed by atoms with E-state index >= 15 is 0 Å². The zero-order valence-electron chi connectivity index (χ0n) is 9.10. The van der Waals surface area contributed by atoms with Crippen molar-refractivity contribution in [1.82, 2.24) is 10.3 Å². The Morgan fingerprint density at radius 2 is 2.07 bits per heavy atom. The number of carbonyl (C=O) groups excluding carboxylic acids is 1. The van der Waals surface area contributed by atoms with E-state index in [0.717, 1.165) is 5.56 Å². The van der Waals surface area contributed by atoms with E-state index in [1.54, 1.807) is 12.4 Å². The van der Waals surface area contributed by atoms with Gasteiger partial charge in [0.15, 0.2) is 0 Å². The van der Waals surface area contributed by atoms with Crippen molar-refractivity contribution in [2.45, 2.75) is 19.9 Å². The number of rotatable bonds is 4. The molecule has 1 unspecified atom stereocenters. The van der Waals surface area contributed by atoms with Gasteiger partial charge in [0, 0.05) is 24.9 Å². The van der Waals surface area contributed by atoms with Gasteiger partial charge in [-0.25, -0.2) is 0 Å². The van der Waals surface area contributed by atoms with E-state index in [0.29, 0.717) is 6.54 Å². The monoisotopic (exact) mass is 207 g/mol. The summed E-state index contributed by atoms with van der Waals surface area (Å²) in [6.07, 6.45) is 3.43. The molecule has 15 heavy (non-hydrogen) atoms. The lowest BCUT2D eigenvalue weighted by Gasteiger charge is -2.16. The Bertz CT molecular complexity index is 313. The van der Waals surface area contributed by atoms with Crippen LogP contribution in [0.3, 0.4) is 0 Å². The fourth-order valence-corrected chi connectivity index (χ4v) is 1.20. The molecule has 0 aliphatic heterocycles. The number of pyridine rings is 1. The van der Waals surface area contributed by atoms with E-state index in [9.17, 15) is 4.79 Å². The van der Waals surface area contributed by atoms with Gasteiger partial charge in [0.05, 0.1) is 6.04 Å². The molecule has 0 bridgehead atoms. The first-order valence-electron chi connectivity index (χ1n) is 5.05. The molecular weight excluding hydrogens is 190 g/mol. The highest BCUT2D eigenvalue weighted by Crippen LogP contribution is 2.10. The second-order valence-electron chi connectivity index (χ2n) is 3.65. The third kappa shape index (κ3) is 3.32. The van der Waals surface area contributed by atoms with Gasteiger partial charge in [0.25, 0.3) is 0 Å². The van der Waals surface area contributed by atoms with Gasteiger partial charge in [-0.15, -0.1) is 0 Å². The normalized spacial score (nSPS) is 14.3. The lowest BCUT2D eigenvalue weighted by Crippen LogP contribution is -2.34. The largest absolute Gasteiger partial charge is 0.349 e. The van der Waals surface area contributed by atoms with Gasteiger partial charge in [0.2, 0.25) is 5.91 Å². The molecule has 4 heteroatoms. The predicted molar refractivity (Wildman–Crippen MR) is 59.0 cm³/mol. The maximum atomic E-state index is 11.6. The van der Waals surface area contributed by atoms with Crippen LogP contribution in [-0.4, -0.2) is 17.4 Å². The molecule has 3 N–H and O–H groups in total. The van der Waals surface area contributed by atoms with Gasteiger partial charge in [0.1, 0.15) is 0 Å². The van der Waals surface area contributed by atoms with Crippen LogP contribution in [0.2, 0.25) is 0 Å². The number of aromatic nitrogens is 1. The molecule has 0 aromatic carbocycles. The first-order valence-corrected chi connectivity index (χ1v) is 5.05. The Labute approximate surface area is 89.9 Å². The van der Waals surface area contributed by atoms with Crippen LogP contribution in [0.25, 0.3) is 0 Å². The molecule has 0 saturated carbocycles. The molecule has 1 heterocycles. The SMILES string of the molecule is CC(CN)C(=O)N[C@H](C)c1ccncc1. The first kappa shape index (κ1) is 11.7. The standard InChI is InChI=1S/C11H17N3O/c1-8(7-12)11(15)14-9(2)10-3-5-13-6-4-10/h3-6,8-9H,7,12H2,1-2H3,(H,14,15)/t8?,9-/m1/s1. The van der Waals surface area contributed by atoms with Crippen molar-refractivity contribution in [3.8, 4) is 0 Å². The van der Waals surface area contributed by atoms with Crippen LogP contribution in [0, 0.1) is 5.92 Å². The highest BCUT2D eigenvalue weighted by atomic mass is 16.1. The molecule has 1 aromatic heterocycles. The predicted octanol–water partition coefficient (Wildman–Crippen LogP) is 0.854. The van der Waals surface area contributed by atoms with Crippen molar-refractivity contribution in [1.29, 1.82) is 0 Å². The molecule has 0 aliphatic rings. The van der Waals surface area contributed by atoms with Gasteiger partial charge < -0.3 is 11.1 Å². The van der Waals surface area contributed by atoms with Crippen LogP contribution >= 0.6 is 0 Å². The molecule has 2 atom stereocenters. The van der Waals surface area contributed by atoms with Gasteiger partial charge in [-0.1, -0.05) is 6.92 Å². The maximum absolute atomic E-state index is 11.6. The first-order chi connectivity index (χ1) is 7.15. The summed E-state index contributed by atoms with van der Waals surface area (Å²) in [6.45, 7) is 4.12. The lowest BCUT2D eigenvalue weighted by molar-refractivity contribution is -0.124. The number of hydrogen-bond acceptors (Lipinski definition) is 3. The van der Waals surface area contributed by atoms with Crippen LogP contribution < -0.4 is 11.1 Å². The van der Waals surface area contributed by atoms with E-state index in [-0.39, 0.29) is 17.9 Å². The summed E-state index contributed by atoms with van der Waals surface area (Å²) in [5.74, 6) is -0.156. The summed E-state index contributed by atoms with van der Waals surface area (Å²) in [4.78, 5) is 15.5. The molecule has 4 nitrogen and oxygen atoms in total. The Kier molecular flexibility index (Phi) is 4.24. The quantitative estimate of drug-likeness (QED) is 0.769. The number of nitrogens with zero attached hydrogens (tertiary/aromatic N) is 1. The number of nitrogens with one attached hydrogen (secondary N) is 1. The number of nitrogens with two attached hydrogens (primary N) is 1. The zero-order valence-corrected chi connectivity index (χ0v) is 9.10. The van der Waals surface area contributed by atoms with E-state index in [1.165, 1.54) is 0 Å². The Balaban J connectivity index is 2.56. The van der Waals surface area contributed by atoms with Crippen molar-refractivity contribution in [2.24, 2.45) is 11.7 Å². The summed E-state index contributed by atoms with van der Waals surface area (Å²) in [6, 6.07) is 3.77. The number of amides is 1. The summed E-state index contributed by atoms with van der Waals surface area (Å²) in [5, 5.41) is 2.90. The van der Waals surface area contributed by atoms with Crippen molar-refractivity contribution in [3.05, 3.63) is 30.1 Å². The maximum Gasteiger partial charge on any atom is 0.224 e. The summed E-state index contributed by atoms with van der Waals surface area (Å²) in [7, 11) is 0. The molecule has 1 rings (SSSR count). The Morgan fingerprint density at radius 3 is 2.60 bits per heavy atom. The van der Waals surface area contributed by atoms with Crippen LogP contribution in [0.5, 0.6) is 0 Å². The van der Waals surface area contributed by atoms with Crippen LogP contribution in [0.4, 0.5) is 0 Å². The van der Waals surface area contributed by atoms with Gasteiger partial charge >= 0.3 is 0 Å². The highest BCUT2D eigenvalue weighted by molar-refractivity contribution is 5.78. The fourth-order valence-electron chi connectivity index (χ4n) is 1.20. The van der Waals surface area contributed by atoms with Gasteiger partial charge in [-0.2, -0.15) is 0 Å². The lowest BCUT2D eigenvalue weighted by atomic mass is 10.1. The summed E-state index contributed by atoms with van der Waals surface area (Å²) < 4.78 is 0. The topological polar surface area (TPSA) is 68.0 Å². The Hall–Kier alpha value is -1.42. The third-order valence-corrected chi connectivity index (χ3v) is 2.37. The molecule has 1 amide bonds. The summed E-state index contributed by atoms with van der Waals surface area (Å²) in [5.41, 5.74) is 6.46. The summed E-state index contributed by atoms with van der Waals surface area (Å²) >= 11 is 0. The van der Waals surface area contributed by atoms with Crippen molar-refractivity contribution >= 4 is 5.91 Å². The molecule has 0 fully saturated rings. The minimum absolute atomic E-state index is 0.00509. The van der Waals surface area contributed by atoms with E-state index in [4.69, 9.17) is 5.73 Å². The van der Waals surface area contributed by atoms with Crippen molar-refractivity contribution in [2.75, 3.05) is 6.54 Å². The van der Waals surface area contributed by atoms with Gasteiger partial charge in [-0.3, -0.25) is 9.78 Å². The molecule has 1 aromatic rings. The third-order valence-electron chi connectivity index (χ3n) is 2.37. The molecular formula is C11H17N3O. The van der Waals surface area contributed by atoms with Crippen LogP contribution in [0.15, 0.2) is 24.5 Å². The fraction of sp³-hybridized carbons (Fsp3) is 0.455. The second kappa shape index (κ2) is 5.46. The van der Waals surface area contributed by atoms with E-state index in [1.807, 2.05) is 26.0 Å². The minimum atomic E-state index is -0.144. The highest BCUT2D eigenvalue weighted by Gasteiger charge is 2.14. The molecule has 0 radical (unpaired) electrons.